The zero-order valence-corrected chi connectivity index (χ0v) is 13.6. The minimum absolute atomic E-state index is 0.000331. The molecule has 0 rings (SSSR count). The van der Waals surface area contributed by atoms with E-state index in [9.17, 15) is 14.4 Å². The molecule has 0 aliphatic carbocycles. The van der Waals surface area contributed by atoms with Crippen molar-refractivity contribution in [1.82, 2.24) is 15.5 Å². The first-order valence-corrected chi connectivity index (χ1v) is 7.19. The van der Waals surface area contributed by atoms with Crippen molar-refractivity contribution in [3.05, 3.63) is 0 Å². The summed E-state index contributed by atoms with van der Waals surface area (Å²) in [5.74, 6) is -0.564. The quantitative estimate of drug-likeness (QED) is 0.552. The number of hydrogen-bond donors (Lipinski definition) is 3. The maximum absolute atomic E-state index is 11.8. The lowest BCUT2D eigenvalue weighted by molar-refractivity contribution is -0.135. The fourth-order valence-corrected chi connectivity index (χ4v) is 1.40. The Hall–Kier alpha value is -1.63. The molecule has 1 atom stereocenters. The summed E-state index contributed by atoms with van der Waals surface area (Å²) in [6, 6.07) is -0.641. The van der Waals surface area contributed by atoms with Gasteiger partial charge in [0.25, 0.3) is 0 Å². The number of rotatable bonds is 8. The zero-order chi connectivity index (χ0) is 16.6. The SMILES string of the molecule is CC(C)CNC(=O)CN(C)C(=O)CNC(=O)[C@@H](N)C(C)C. The van der Waals surface area contributed by atoms with Gasteiger partial charge in [-0.05, 0) is 11.8 Å². The van der Waals surface area contributed by atoms with E-state index in [1.54, 1.807) is 0 Å². The van der Waals surface area contributed by atoms with Gasteiger partial charge in [0.2, 0.25) is 17.7 Å². The second-order valence-electron chi connectivity index (χ2n) is 5.94. The van der Waals surface area contributed by atoms with E-state index in [-0.39, 0.29) is 36.7 Å². The van der Waals surface area contributed by atoms with E-state index in [0.717, 1.165) is 0 Å². The zero-order valence-electron chi connectivity index (χ0n) is 13.6. The number of nitrogens with one attached hydrogen (secondary N) is 2. The van der Waals surface area contributed by atoms with Gasteiger partial charge in [-0.2, -0.15) is 0 Å². The number of carbonyl (C=O) groups is 3. The largest absolute Gasteiger partial charge is 0.354 e. The average molecular weight is 300 g/mol. The summed E-state index contributed by atoms with van der Waals surface area (Å²) < 4.78 is 0. The molecular weight excluding hydrogens is 272 g/mol. The van der Waals surface area contributed by atoms with E-state index in [0.29, 0.717) is 12.5 Å². The second kappa shape index (κ2) is 9.33. The van der Waals surface area contributed by atoms with Gasteiger partial charge in [0.05, 0.1) is 19.1 Å². The molecular formula is C14H28N4O3. The van der Waals surface area contributed by atoms with Crippen molar-refractivity contribution in [3.8, 4) is 0 Å². The predicted octanol–water partition coefficient (Wildman–Crippen LogP) is -0.683. The molecule has 0 spiro atoms. The van der Waals surface area contributed by atoms with Gasteiger partial charge in [-0.1, -0.05) is 27.7 Å². The molecule has 21 heavy (non-hydrogen) atoms. The number of nitrogens with two attached hydrogens (primary N) is 1. The number of nitrogens with zero attached hydrogens (tertiary/aromatic N) is 1. The molecule has 0 aromatic heterocycles. The Morgan fingerprint density at radius 2 is 1.67 bits per heavy atom. The summed E-state index contributed by atoms with van der Waals surface area (Å²) in [7, 11) is 1.52. The van der Waals surface area contributed by atoms with Gasteiger partial charge in [0, 0.05) is 13.6 Å². The van der Waals surface area contributed by atoms with Crippen LogP contribution in [0.25, 0.3) is 0 Å². The van der Waals surface area contributed by atoms with Gasteiger partial charge < -0.3 is 21.3 Å². The van der Waals surface area contributed by atoms with Gasteiger partial charge in [-0.3, -0.25) is 14.4 Å². The van der Waals surface area contributed by atoms with Crippen LogP contribution in [0.3, 0.4) is 0 Å². The van der Waals surface area contributed by atoms with Crippen molar-refractivity contribution in [3.63, 3.8) is 0 Å². The Kier molecular flexibility index (Phi) is 8.61. The van der Waals surface area contributed by atoms with E-state index >= 15 is 0 Å². The van der Waals surface area contributed by atoms with Gasteiger partial charge in [-0.15, -0.1) is 0 Å². The third-order valence-corrected chi connectivity index (χ3v) is 2.95. The summed E-state index contributed by atoms with van der Waals surface area (Å²) in [5, 5.41) is 5.21. The van der Waals surface area contributed by atoms with E-state index in [1.165, 1.54) is 11.9 Å². The lowest BCUT2D eigenvalue weighted by Gasteiger charge is -2.19. The molecule has 0 bridgehead atoms. The van der Waals surface area contributed by atoms with E-state index < -0.39 is 6.04 Å². The fraction of sp³-hybridized carbons (Fsp3) is 0.786. The highest BCUT2D eigenvalue weighted by Crippen LogP contribution is 1.97. The van der Waals surface area contributed by atoms with Crippen molar-refractivity contribution < 1.29 is 14.4 Å². The van der Waals surface area contributed by atoms with Crippen molar-refractivity contribution in [2.24, 2.45) is 17.6 Å². The fourth-order valence-electron chi connectivity index (χ4n) is 1.40. The number of hydrogen-bond acceptors (Lipinski definition) is 4. The summed E-state index contributed by atoms with van der Waals surface area (Å²) >= 11 is 0. The lowest BCUT2D eigenvalue weighted by atomic mass is 10.1. The van der Waals surface area contributed by atoms with Crippen LogP contribution in [0.1, 0.15) is 27.7 Å². The molecule has 7 heteroatoms. The molecule has 0 unspecified atom stereocenters. The highest BCUT2D eigenvalue weighted by molar-refractivity contribution is 5.89. The average Bonchev–Trinajstić information content (AvgIpc) is 2.40. The molecule has 4 N–H and O–H groups in total. The van der Waals surface area contributed by atoms with Gasteiger partial charge in [0.1, 0.15) is 0 Å². The van der Waals surface area contributed by atoms with Crippen LogP contribution in [0, 0.1) is 11.8 Å². The number of carbonyl (C=O) groups excluding carboxylic acids is 3. The van der Waals surface area contributed by atoms with Gasteiger partial charge >= 0.3 is 0 Å². The lowest BCUT2D eigenvalue weighted by Crippen LogP contribution is -2.48. The monoisotopic (exact) mass is 300 g/mol. The highest BCUT2D eigenvalue weighted by Gasteiger charge is 2.19. The standard InChI is InChI=1S/C14H28N4O3/c1-9(2)6-16-11(19)8-18(5)12(20)7-17-14(21)13(15)10(3)4/h9-10,13H,6-8,15H2,1-5H3,(H,16,19)(H,17,21)/t13-/m0/s1. The minimum atomic E-state index is -0.641. The molecule has 0 aromatic carbocycles. The normalized spacial score (nSPS) is 12.2. The first kappa shape index (κ1) is 19.4. The smallest absolute Gasteiger partial charge is 0.242 e. The summed E-state index contributed by atoms with van der Waals surface area (Å²) in [5.41, 5.74) is 5.67. The Morgan fingerprint density at radius 1 is 1.10 bits per heavy atom. The van der Waals surface area contributed by atoms with Crippen LogP contribution in [0.15, 0.2) is 0 Å². The maximum atomic E-state index is 11.8. The molecule has 0 aromatic rings. The molecule has 122 valence electrons. The Bertz CT molecular complexity index is 369. The van der Waals surface area contributed by atoms with Crippen LogP contribution in [0.2, 0.25) is 0 Å². The van der Waals surface area contributed by atoms with Crippen LogP contribution in [-0.4, -0.2) is 55.3 Å². The first-order chi connectivity index (χ1) is 9.65. The number of amides is 3. The van der Waals surface area contributed by atoms with E-state index in [4.69, 9.17) is 5.73 Å². The molecule has 0 radical (unpaired) electrons. The first-order valence-electron chi connectivity index (χ1n) is 7.19. The van der Waals surface area contributed by atoms with Gasteiger partial charge in [-0.25, -0.2) is 0 Å². The minimum Gasteiger partial charge on any atom is -0.354 e. The predicted molar refractivity (Wildman–Crippen MR) is 81.3 cm³/mol. The molecule has 0 aliphatic rings. The van der Waals surface area contributed by atoms with E-state index in [1.807, 2.05) is 27.7 Å². The van der Waals surface area contributed by atoms with Gasteiger partial charge in [0.15, 0.2) is 0 Å². The van der Waals surface area contributed by atoms with Crippen LogP contribution < -0.4 is 16.4 Å². The number of likely N-dealkylation sites (N-methyl/N-ethyl adjacent to an activating group) is 1. The summed E-state index contributed by atoms with van der Waals surface area (Å²) in [6.45, 7) is 8.02. The van der Waals surface area contributed by atoms with Crippen LogP contribution in [-0.2, 0) is 14.4 Å². The Morgan fingerprint density at radius 3 is 2.14 bits per heavy atom. The van der Waals surface area contributed by atoms with E-state index in [2.05, 4.69) is 10.6 Å². The van der Waals surface area contributed by atoms with Crippen molar-refractivity contribution in [1.29, 1.82) is 0 Å². The maximum Gasteiger partial charge on any atom is 0.242 e. The third kappa shape index (κ3) is 8.29. The Balaban J connectivity index is 4.11. The Labute approximate surface area is 126 Å². The molecule has 0 fully saturated rings. The molecule has 0 saturated heterocycles. The molecule has 0 heterocycles. The topological polar surface area (TPSA) is 105 Å². The second-order valence-corrected chi connectivity index (χ2v) is 5.94. The van der Waals surface area contributed by atoms with Crippen molar-refractivity contribution >= 4 is 17.7 Å². The van der Waals surface area contributed by atoms with Crippen LogP contribution in [0.5, 0.6) is 0 Å². The van der Waals surface area contributed by atoms with Crippen LogP contribution in [0.4, 0.5) is 0 Å². The molecule has 3 amide bonds. The molecule has 0 aliphatic heterocycles. The highest BCUT2D eigenvalue weighted by atomic mass is 16.2. The van der Waals surface area contributed by atoms with Crippen molar-refractivity contribution in [2.45, 2.75) is 33.7 Å². The molecule has 0 saturated carbocycles. The molecule has 7 nitrogen and oxygen atoms in total. The summed E-state index contributed by atoms with van der Waals surface area (Å²) in [6.07, 6.45) is 0. The van der Waals surface area contributed by atoms with Crippen LogP contribution >= 0.6 is 0 Å². The third-order valence-electron chi connectivity index (χ3n) is 2.95. The van der Waals surface area contributed by atoms with Crippen molar-refractivity contribution in [2.75, 3.05) is 26.7 Å². The summed E-state index contributed by atoms with van der Waals surface area (Å²) in [4.78, 5) is 36.3.